The number of nitrogens with two attached hydrogens (primary N) is 1. The second kappa shape index (κ2) is 5.02. The Bertz CT molecular complexity index is 527. The number of carbonyl (C=O) groups excluding carboxylic acids is 1. The minimum absolute atomic E-state index is 0.154. The van der Waals surface area contributed by atoms with Crippen LogP contribution in [0, 0.1) is 0 Å². The number of amides is 1. The van der Waals surface area contributed by atoms with E-state index in [1.54, 1.807) is 6.07 Å². The molecule has 0 bridgehead atoms. The molecule has 8 heteroatoms. The highest BCUT2D eigenvalue weighted by molar-refractivity contribution is 7.90. The predicted octanol–water partition coefficient (Wildman–Crippen LogP) is 0.269. The Labute approximate surface area is 99.1 Å². The lowest BCUT2D eigenvalue weighted by Gasteiger charge is -2.11. The number of ether oxygens (including phenoxy) is 1. The fourth-order valence-electron chi connectivity index (χ4n) is 1.22. The molecule has 0 aliphatic rings. The molecule has 0 radical (unpaired) electrons. The van der Waals surface area contributed by atoms with E-state index in [4.69, 9.17) is 9.88 Å². The molecule has 0 aromatic heterocycles. The van der Waals surface area contributed by atoms with Gasteiger partial charge in [0.1, 0.15) is 5.75 Å². The molecule has 0 aliphatic carbocycles. The summed E-state index contributed by atoms with van der Waals surface area (Å²) >= 11 is 0. The van der Waals surface area contributed by atoms with E-state index < -0.39 is 10.2 Å². The van der Waals surface area contributed by atoms with E-state index >= 15 is 0 Å². The maximum atomic E-state index is 10.9. The fourth-order valence-corrected chi connectivity index (χ4v) is 1.69. The third-order valence-electron chi connectivity index (χ3n) is 1.77. The van der Waals surface area contributed by atoms with Crippen molar-refractivity contribution < 1.29 is 17.9 Å². The lowest BCUT2D eigenvalue weighted by molar-refractivity contribution is -0.114. The van der Waals surface area contributed by atoms with Crippen LogP contribution in [0.1, 0.15) is 6.92 Å². The van der Waals surface area contributed by atoms with Gasteiger partial charge in [-0.3, -0.25) is 9.52 Å². The van der Waals surface area contributed by atoms with Crippen LogP contribution in [0.25, 0.3) is 0 Å². The molecule has 0 fully saturated rings. The third kappa shape index (κ3) is 4.29. The molecule has 0 atom stereocenters. The molecule has 0 spiro atoms. The van der Waals surface area contributed by atoms with Gasteiger partial charge in [0, 0.05) is 12.6 Å². The molecule has 4 N–H and O–H groups in total. The summed E-state index contributed by atoms with van der Waals surface area (Å²) < 4.78 is 28.9. The molecular formula is C9H13N3O4S. The molecule has 1 rings (SSSR count). The molecule has 0 heterocycles. The van der Waals surface area contributed by atoms with Crippen molar-refractivity contribution >= 4 is 27.5 Å². The summed E-state index contributed by atoms with van der Waals surface area (Å²) in [5.74, 6) is 0.0323. The standard InChI is InChI=1S/C9H13N3O4S/c1-6(13)11-7-3-4-9(16-2)8(5-7)12-17(10,14)15/h3-5,12H,1-2H3,(H,11,13)(H2,10,14,15). The summed E-state index contributed by atoms with van der Waals surface area (Å²) in [6.45, 7) is 1.34. The summed E-state index contributed by atoms with van der Waals surface area (Å²) in [6.07, 6.45) is 0. The van der Waals surface area contributed by atoms with Crippen LogP contribution < -0.4 is 19.9 Å². The van der Waals surface area contributed by atoms with E-state index in [1.165, 1.54) is 26.2 Å². The van der Waals surface area contributed by atoms with Gasteiger partial charge in [0.2, 0.25) is 5.91 Å². The Morgan fingerprint density at radius 3 is 2.53 bits per heavy atom. The number of methoxy groups -OCH3 is 1. The highest BCUT2D eigenvalue weighted by atomic mass is 32.2. The summed E-state index contributed by atoms with van der Waals surface area (Å²) in [5, 5.41) is 7.37. The van der Waals surface area contributed by atoms with Gasteiger partial charge in [-0.2, -0.15) is 8.42 Å². The quantitative estimate of drug-likeness (QED) is 0.720. The Morgan fingerprint density at radius 2 is 2.06 bits per heavy atom. The topological polar surface area (TPSA) is 111 Å². The van der Waals surface area contributed by atoms with Crippen LogP contribution in [0.3, 0.4) is 0 Å². The molecule has 0 unspecified atom stereocenters. The monoisotopic (exact) mass is 259 g/mol. The number of benzene rings is 1. The van der Waals surface area contributed by atoms with Gasteiger partial charge in [-0.15, -0.1) is 0 Å². The summed E-state index contributed by atoms with van der Waals surface area (Å²) in [6, 6.07) is 4.50. The largest absolute Gasteiger partial charge is 0.495 e. The fraction of sp³-hybridized carbons (Fsp3) is 0.222. The maximum Gasteiger partial charge on any atom is 0.296 e. The first kappa shape index (κ1) is 13.3. The highest BCUT2D eigenvalue weighted by Gasteiger charge is 2.09. The first-order chi connectivity index (χ1) is 7.81. The van der Waals surface area contributed by atoms with E-state index in [0.29, 0.717) is 11.4 Å². The molecule has 1 aromatic rings. The Kier molecular flexibility index (Phi) is 3.92. The van der Waals surface area contributed by atoms with E-state index in [-0.39, 0.29) is 11.6 Å². The number of hydrogen-bond donors (Lipinski definition) is 3. The van der Waals surface area contributed by atoms with Gasteiger partial charge in [0.25, 0.3) is 10.2 Å². The van der Waals surface area contributed by atoms with Crippen molar-refractivity contribution in [2.24, 2.45) is 5.14 Å². The Balaban J connectivity index is 3.10. The van der Waals surface area contributed by atoms with Crippen LogP contribution in [-0.2, 0) is 15.0 Å². The van der Waals surface area contributed by atoms with Crippen LogP contribution in [-0.4, -0.2) is 21.4 Å². The van der Waals surface area contributed by atoms with Crippen molar-refractivity contribution in [1.82, 2.24) is 0 Å². The lowest BCUT2D eigenvalue weighted by Crippen LogP contribution is -2.22. The third-order valence-corrected chi connectivity index (χ3v) is 2.28. The van der Waals surface area contributed by atoms with Crippen LogP contribution in [0.4, 0.5) is 11.4 Å². The molecule has 94 valence electrons. The molecular weight excluding hydrogens is 246 g/mol. The van der Waals surface area contributed by atoms with E-state index in [0.717, 1.165) is 0 Å². The van der Waals surface area contributed by atoms with Crippen LogP contribution in [0.5, 0.6) is 5.75 Å². The van der Waals surface area contributed by atoms with Crippen molar-refractivity contribution in [2.75, 3.05) is 17.1 Å². The predicted molar refractivity (Wildman–Crippen MR) is 64.0 cm³/mol. The van der Waals surface area contributed by atoms with Crippen molar-refractivity contribution in [3.05, 3.63) is 18.2 Å². The van der Waals surface area contributed by atoms with Gasteiger partial charge in [0.05, 0.1) is 12.8 Å². The first-order valence-corrected chi connectivity index (χ1v) is 6.12. The first-order valence-electron chi connectivity index (χ1n) is 4.58. The summed E-state index contributed by atoms with van der Waals surface area (Å²) in [5.41, 5.74) is 0.589. The van der Waals surface area contributed by atoms with E-state index in [1.807, 2.05) is 0 Å². The molecule has 0 saturated carbocycles. The van der Waals surface area contributed by atoms with Gasteiger partial charge < -0.3 is 10.1 Å². The molecule has 1 aromatic carbocycles. The Hall–Kier alpha value is -1.80. The molecule has 0 saturated heterocycles. The van der Waals surface area contributed by atoms with Gasteiger partial charge in [-0.1, -0.05) is 0 Å². The minimum Gasteiger partial charge on any atom is -0.495 e. The Morgan fingerprint density at radius 1 is 1.41 bits per heavy atom. The number of anilines is 2. The molecule has 1 amide bonds. The maximum absolute atomic E-state index is 10.9. The van der Waals surface area contributed by atoms with Gasteiger partial charge in [-0.25, -0.2) is 5.14 Å². The summed E-state index contributed by atoms with van der Waals surface area (Å²) in [4.78, 5) is 10.9. The van der Waals surface area contributed by atoms with Crippen molar-refractivity contribution in [3.63, 3.8) is 0 Å². The zero-order valence-electron chi connectivity index (χ0n) is 9.35. The van der Waals surface area contributed by atoms with Crippen LogP contribution >= 0.6 is 0 Å². The molecule has 17 heavy (non-hydrogen) atoms. The highest BCUT2D eigenvalue weighted by Crippen LogP contribution is 2.28. The second-order valence-corrected chi connectivity index (χ2v) is 4.54. The zero-order valence-corrected chi connectivity index (χ0v) is 10.2. The van der Waals surface area contributed by atoms with Gasteiger partial charge in [-0.05, 0) is 18.2 Å². The number of carbonyl (C=O) groups is 1. The normalized spacial score (nSPS) is 10.8. The van der Waals surface area contributed by atoms with Gasteiger partial charge >= 0.3 is 0 Å². The van der Waals surface area contributed by atoms with Crippen molar-refractivity contribution in [1.29, 1.82) is 0 Å². The summed E-state index contributed by atoms with van der Waals surface area (Å²) in [7, 11) is -2.51. The van der Waals surface area contributed by atoms with Crippen molar-refractivity contribution in [3.8, 4) is 5.75 Å². The van der Waals surface area contributed by atoms with Crippen molar-refractivity contribution in [2.45, 2.75) is 6.92 Å². The van der Waals surface area contributed by atoms with Crippen LogP contribution in [0.15, 0.2) is 18.2 Å². The SMILES string of the molecule is COc1ccc(NC(C)=O)cc1NS(N)(=O)=O. The number of rotatable bonds is 4. The smallest absolute Gasteiger partial charge is 0.296 e. The lowest BCUT2D eigenvalue weighted by atomic mass is 10.2. The van der Waals surface area contributed by atoms with Gasteiger partial charge in [0.15, 0.2) is 0 Å². The zero-order chi connectivity index (χ0) is 13.1. The second-order valence-electron chi connectivity index (χ2n) is 3.24. The molecule has 7 nitrogen and oxygen atoms in total. The van der Waals surface area contributed by atoms with E-state index in [9.17, 15) is 13.2 Å². The minimum atomic E-state index is -3.90. The van der Waals surface area contributed by atoms with Crippen LogP contribution in [0.2, 0.25) is 0 Å². The average Bonchev–Trinajstić information content (AvgIpc) is 2.14. The van der Waals surface area contributed by atoms with E-state index in [2.05, 4.69) is 10.0 Å². The number of nitrogens with one attached hydrogen (secondary N) is 2. The number of hydrogen-bond acceptors (Lipinski definition) is 4. The molecule has 0 aliphatic heterocycles. The average molecular weight is 259 g/mol.